The molecule has 0 unspecified atom stereocenters. The fourth-order valence-electron chi connectivity index (χ4n) is 1.44. The van der Waals surface area contributed by atoms with Gasteiger partial charge in [0.1, 0.15) is 17.6 Å². The van der Waals surface area contributed by atoms with Crippen LogP contribution >= 0.6 is 0 Å². The zero-order chi connectivity index (χ0) is 15.1. The number of carbonyl (C=O) groups is 1. The summed E-state index contributed by atoms with van der Waals surface area (Å²) in [5.74, 6) is -0.461. The van der Waals surface area contributed by atoms with Crippen molar-refractivity contribution in [3.63, 3.8) is 0 Å². The lowest BCUT2D eigenvalue weighted by Crippen LogP contribution is -2.30. The molecule has 1 heterocycles. The number of carbonyl (C=O) groups excluding carboxylic acids is 1. The molecular weight excluding hydrogens is 275 g/mol. The maximum absolute atomic E-state index is 12.7. The van der Waals surface area contributed by atoms with Crippen molar-refractivity contribution in [2.24, 2.45) is 5.10 Å². The second-order valence-electron chi connectivity index (χ2n) is 3.95. The molecule has 2 rings (SSSR count). The first kappa shape index (κ1) is 14.3. The summed E-state index contributed by atoms with van der Waals surface area (Å²) in [5, 5.41) is 15.1. The third kappa shape index (κ3) is 4.18. The SMILES string of the molecule is N#CC(=NNc1ccc(F)cc1)C(=O)NCc1ccco1. The molecule has 0 bridgehead atoms. The zero-order valence-electron chi connectivity index (χ0n) is 10.8. The van der Waals surface area contributed by atoms with E-state index in [0.29, 0.717) is 11.4 Å². The molecule has 0 saturated heterocycles. The van der Waals surface area contributed by atoms with Crippen LogP contribution in [0.2, 0.25) is 0 Å². The molecule has 2 aromatic rings. The van der Waals surface area contributed by atoms with Crippen LogP contribution in [-0.4, -0.2) is 11.6 Å². The highest BCUT2D eigenvalue weighted by molar-refractivity contribution is 6.45. The van der Waals surface area contributed by atoms with Crippen molar-refractivity contribution in [3.05, 3.63) is 54.2 Å². The molecule has 0 fully saturated rings. The molecule has 0 spiro atoms. The Hall–Kier alpha value is -3.14. The van der Waals surface area contributed by atoms with Gasteiger partial charge in [-0.2, -0.15) is 10.4 Å². The van der Waals surface area contributed by atoms with E-state index >= 15 is 0 Å². The van der Waals surface area contributed by atoms with Gasteiger partial charge in [-0.05, 0) is 36.4 Å². The van der Waals surface area contributed by atoms with E-state index in [1.54, 1.807) is 18.2 Å². The molecule has 6 nitrogen and oxygen atoms in total. The number of hydrogen-bond donors (Lipinski definition) is 2. The first-order valence-electron chi connectivity index (χ1n) is 5.99. The normalized spacial score (nSPS) is 10.8. The number of hydrogen-bond acceptors (Lipinski definition) is 5. The molecule has 0 aliphatic heterocycles. The van der Waals surface area contributed by atoms with Crippen LogP contribution < -0.4 is 10.7 Å². The van der Waals surface area contributed by atoms with Crippen molar-refractivity contribution < 1.29 is 13.6 Å². The van der Waals surface area contributed by atoms with Crippen molar-refractivity contribution >= 4 is 17.3 Å². The first-order chi connectivity index (χ1) is 10.2. The highest BCUT2D eigenvalue weighted by atomic mass is 19.1. The van der Waals surface area contributed by atoms with Crippen molar-refractivity contribution in [1.82, 2.24) is 5.32 Å². The molecule has 1 amide bonds. The van der Waals surface area contributed by atoms with Crippen LogP contribution in [0.15, 0.2) is 52.2 Å². The van der Waals surface area contributed by atoms with Gasteiger partial charge >= 0.3 is 0 Å². The largest absolute Gasteiger partial charge is 0.467 e. The number of halogens is 1. The Morgan fingerprint density at radius 3 is 2.71 bits per heavy atom. The third-order valence-corrected chi connectivity index (χ3v) is 2.47. The number of hydrazone groups is 1. The topological polar surface area (TPSA) is 90.4 Å². The molecule has 1 aromatic carbocycles. The summed E-state index contributed by atoms with van der Waals surface area (Å²) in [6.07, 6.45) is 1.48. The van der Waals surface area contributed by atoms with Gasteiger partial charge < -0.3 is 9.73 Å². The molecule has 21 heavy (non-hydrogen) atoms. The van der Waals surface area contributed by atoms with Gasteiger partial charge in [-0.25, -0.2) is 4.39 Å². The minimum Gasteiger partial charge on any atom is -0.467 e. The summed E-state index contributed by atoms with van der Waals surface area (Å²) in [4.78, 5) is 11.7. The summed E-state index contributed by atoms with van der Waals surface area (Å²) in [6, 6.07) is 10.4. The molecule has 1 aromatic heterocycles. The average molecular weight is 286 g/mol. The van der Waals surface area contributed by atoms with E-state index < -0.39 is 5.91 Å². The first-order valence-corrected chi connectivity index (χ1v) is 5.99. The molecular formula is C14H11FN4O2. The van der Waals surface area contributed by atoms with Crippen LogP contribution in [0.5, 0.6) is 0 Å². The lowest BCUT2D eigenvalue weighted by atomic mass is 10.3. The van der Waals surface area contributed by atoms with Crippen molar-refractivity contribution in [2.45, 2.75) is 6.54 Å². The smallest absolute Gasteiger partial charge is 0.283 e. The van der Waals surface area contributed by atoms with Gasteiger partial charge in [-0.1, -0.05) is 0 Å². The fourth-order valence-corrected chi connectivity index (χ4v) is 1.44. The van der Waals surface area contributed by atoms with Gasteiger partial charge in [0.05, 0.1) is 18.5 Å². The van der Waals surface area contributed by atoms with Crippen LogP contribution in [0.1, 0.15) is 5.76 Å². The molecule has 2 N–H and O–H groups in total. The van der Waals surface area contributed by atoms with Crippen LogP contribution in [-0.2, 0) is 11.3 Å². The summed E-state index contributed by atoms with van der Waals surface area (Å²) in [7, 11) is 0. The van der Waals surface area contributed by atoms with E-state index in [9.17, 15) is 9.18 Å². The zero-order valence-corrected chi connectivity index (χ0v) is 10.8. The number of nitrogens with one attached hydrogen (secondary N) is 2. The van der Waals surface area contributed by atoms with Crippen molar-refractivity contribution in [1.29, 1.82) is 5.26 Å². The highest BCUT2D eigenvalue weighted by Crippen LogP contribution is 2.07. The summed E-state index contributed by atoms with van der Waals surface area (Å²) in [6.45, 7) is 0.156. The number of anilines is 1. The predicted octanol–water partition coefficient (Wildman–Crippen LogP) is 2.03. The summed E-state index contributed by atoms with van der Waals surface area (Å²) < 4.78 is 17.8. The van der Waals surface area contributed by atoms with Gasteiger partial charge in [0.15, 0.2) is 0 Å². The third-order valence-electron chi connectivity index (χ3n) is 2.47. The van der Waals surface area contributed by atoms with Gasteiger partial charge in [0, 0.05) is 0 Å². The Bertz CT molecular complexity index is 672. The maximum atomic E-state index is 12.7. The van der Waals surface area contributed by atoms with Gasteiger partial charge in [0.2, 0.25) is 5.71 Å². The fraction of sp³-hybridized carbons (Fsp3) is 0.0714. The second kappa shape index (κ2) is 6.86. The monoisotopic (exact) mass is 286 g/mol. The second-order valence-corrected chi connectivity index (χ2v) is 3.95. The minimum absolute atomic E-state index is 0.156. The molecule has 106 valence electrons. The molecule has 0 radical (unpaired) electrons. The molecule has 0 aliphatic rings. The van der Waals surface area contributed by atoms with Crippen LogP contribution in [0.3, 0.4) is 0 Å². The number of furan rings is 1. The lowest BCUT2D eigenvalue weighted by molar-refractivity contribution is -0.114. The van der Waals surface area contributed by atoms with Gasteiger partial charge in [-0.15, -0.1) is 0 Å². The molecule has 0 atom stereocenters. The van der Waals surface area contributed by atoms with E-state index in [0.717, 1.165) is 0 Å². The Morgan fingerprint density at radius 1 is 1.33 bits per heavy atom. The minimum atomic E-state index is -0.636. The van der Waals surface area contributed by atoms with E-state index in [1.807, 2.05) is 0 Å². The number of rotatable bonds is 5. The van der Waals surface area contributed by atoms with Crippen LogP contribution in [0.4, 0.5) is 10.1 Å². The highest BCUT2D eigenvalue weighted by Gasteiger charge is 2.11. The number of amides is 1. The Morgan fingerprint density at radius 2 is 2.10 bits per heavy atom. The molecule has 0 saturated carbocycles. The van der Waals surface area contributed by atoms with E-state index in [4.69, 9.17) is 9.68 Å². The summed E-state index contributed by atoms with van der Waals surface area (Å²) >= 11 is 0. The number of nitrogens with zero attached hydrogens (tertiary/aromatic N) is 2. The van der Waals surface area contributed by atoms with E-state index in [2.05, 4.69) is 15.8 Å². The Balaban J connectivity index is 1.94. The summed E-state index contributed by atoms with van der Waals surface area (Å²) in [5.41, 5.74) is 2.63. The lowest BCUT2D eigenvalue weighted by Gasteiger charge is -2.03. The number of nitriles is 1. The number of benzene rings is 1. The molecule has 0 aliphatic carbocycles. The van der Waals surface area contributed by atoms with Gasteiger partial charge in [-0.3, -0.25) is 10.2 Å². The maximum Gasteiger partial charge on any atom is 0.283 e. The van der Waals surface area contributed by atoms with Crippen LogP contribution in [0.25, 0.3) is 0 Å². The van der Waals surface area contributed by atoms with Crippen LogP contribution in [0, 0.1) is 17.1 Å². The average Bonchev–Trinajstić information content (AvgIpc) is 3.01. The van der Waals surface area contributed by atoms with Crippen molar-refractivity contribution in [3.8, 4) is 6.07 Å². The van der Waals surface area contributed by atoms with Gasteiger partial charge in [0.25, 0.3) is 5.91 Å². The quantitative estimate of drug-likeness (QED) is 0.650. The standard InChI is InChI=1S/C14H11FN4O2/c15-10-3-5-11(6-4-10)18-19-13(8-16)14(20)17-9-12-2-1-7-21-12/h1-7,18H,9H2,(H,17,20). The van der Waals surface area contributed by atoms with E-state index in [-0.39, 0.29) is 18.1 Å². The predicted molar refractivity (Wildman–Crippen MR) is 73.6 cm³/mol. The van der Waals surface area contributed by atoms with Crippen molar-refractivity contribution in [2.75, 3.05) is 5.43 Å². The Kier molecular flexibility index (Phi) is 4.66. The molecule has 7 heteroatoms. The van der Waals surface area contributed by atoms with E-state index in [1.165, 1.54) is 30.5 Å². The Labute approximate surface area is 119 Å².